The first-order valence-electron chi connectivity index (χ1n) is 8.34. The molecule has 2 saturated carbocycles. The molecule has 4 atom stereocenters. The molecule has 0 aromatic heterocycles. The lowest BCUT2D eigenvalue weighted by molar-refractivity contribution is 0.0457. The number of rotatable bonds is 1. The van der Waals surface area contributed by atoms with Gasteiger partial charge in [-0.25, -0.2) is 0 Å². The molecule has 0 spiro atoms. The molecular formula is C16H30N2. The van der Waals surface area contributed by atoms with Gasteiger partial charge in [-0.15, -0.1) is 0 Å². The fourth-order valence-electron chi connectivity index (χ4n) is 4.70. The second-order valence-corrected chi connectivity index (χ2v) is 6.96. The van der Waals surface area contributed by atoms with Crippen molar-refractivity contribution in [1.82, 2.24) is 4.90 Å². The summed E-state index contributed by atoms with van der Waals surface area (Å²) in [6, 6.07) is 1.16. The maximum absolute atomic E-state index is 6.44. The molecule has 18 heavy (non-hydrogen) atoms. The zero-order valence-electron chi connectivity index (χ0n) is 11.8. The Hall–Kier alpha value is -0.0800. The fraction of sp³-hybridized carbons (Fsp3) is 1.00. The first-order chi connectivity index (χ1) is 8.84. The summed E-state index contributed by atoms with van der Waals surface area (Å²) in [7, 11) is 0. The number of nitrogens with two attached hydrogens (primary N) is 1. The SMILES string of the molecule is NC1CCCCCC1N1CCC2CCCCC2C1. The van der Waals surface area contributed by atoms with E-state index in [0.717, 1.165) is 11.8 Å². The first kappa shape index (κ1) is 12.9. The van der Waals surface area contributed by atoms with Gasteiger partial charge >= 0.3 is 0 Å². The molecule has 3 rings (SSSR count). The molecule has 2 nitrogen and oxygen atoms in total. The predicted molar refractivity (Wildman–Crippen MR) is 76.5 cm³/mol. The van der Waals surface area contributed by atoms with Crippen molar-refractivity contribution in [2.75, 3.05) is 13.1 Å². The lowest BCUT2D eigenvalue weighted by Crippen LogP contribution is -2.53. The van der Waals surface area contributed by atoms with Gasteiger partial charge in [-0.1, -0.05) is 38.5 Å². The highest BCUT2D eigenvalue weighted by molar-refractivity contribution is 4.91. The zero-order valence-corrected chi connectivity index (χ0v) is 11.8. The van der Waals surface area contributed by atoms with E-state index in [1.165, 1.54) is 77.3 Å². The molecule has 1 saturated heterocycles. The van der Waals surface area contributed by atoms with Crippen molar-refractivity contribution in [1.29, 1.82) is 0 Å². The summed E-state index contributed by atoms with van der Waals surface area (Å²) in [5.41, 5.74) is 6.44. The molecule has 0 radical (unpaired) electrons. The highest BCUT2D eigenvalue weighted by atomic mass is 15.2. The van der Waals surface area contributed by atoms with E-state index in [0.29, 0.717) is 12.1 Å². The minimum atomic E-state index is 0.452. The molecule has 0 aromatic carbocycles. The molecule has 1 aliphatic heterocycles. The third-order valence-electron chi connectivity index (χ3n) is 5.82. The molecule has 0 bridgehead atoms. The predicted octanol–water partition coefficient (Wildman–Crippen LogP) is 3.16. The Labute approximate surface area is 112 Å². The van der Waals surface area contributed by atoms with E-state index in [1.807, 2.05) is 0 Å². The Balaban J connectivity index is 1.61. The lowest BCUT2D eigenvalue weighted by Gasteiger charge is -2.45. The zero-order chi connectivity index (χ0) is 12.4. The largest absolute Gasteiger partial charge is 0.326 e. The summed E-state index contributed by atoms with van der Waals surface area (Å²) in [4.78, 5) is 2.78. The van der Waals surface area contributed by atoms with Crippen LogP contribution in [0.2, 0.25) is 0 Å². The molecule has 1 heterocycles. The van der Waals surface area contributed by atoms with Gasteiger partial charge < -0.3 is 5.73 Å². The third-order valence-corrected chi connectivity index (χ3v) is 5.82. The van der Waals surface area contributed by atoms with Gasteiger partial charge in [0.15, 0.2) is 0 Å². The van der Waals surface area contributed by atoms with Gasteiger partial charge in [-0.05, 0) is 44.1 Å². The third kappa shape index (κ3) is 2.75. The second kappa shape index (κ2) is 5.92. The number of hydrogen-bond acceptors (Lipinski definition) is 2. The second-order valence-electron chi connectivity index (χ2n) is 6.96. The van der Waals surface area contributed by atoms with Crippen LogP contribution in [0, 0.1) is 11.8 Å². The van der Waals surface area contributed by atoms with Crippen molar-refractivity contribution < 1.29 is 0 Å². The number of hydrogen-bond donors (Lipinski definition) is 1. The van der Waals surface area contributed by atoms with Gasteiger partial charge in [0.2, 0.25) is 0 Å². The molecule has 4 unspecified atom stereocenters. The average Bonchev–Trinajstić information content (AvgIpc) is 2.63. The smallest absolute Gasteiger partial charge is 0.0247 e. The standard InChI is InChI=1S/C16H30N2/c17-15-8-2-1-3-9-16(15)18-11-10-13-6-4-5-7-14(13)12-18/h13-16H,1-12,17H2. The maximum atomic E-state index is 6.44. The van der Waals surface area contributed by atoms with Gasteiger partial charge in [0.25, 0.3) is 0 Å². The summed E-state index contributed by atoms with van der Waals surface area (Å²) in [6.45, 7) is 2.70. The van der Waals surface area contributed by atoms with Crippen molar-refractivity contribution in [2.45, 2.75) is 76.3 Å². The fourth-order valence-corrected chi connectivity index (χ4v) is 4.70. The minimum absolute atomic E-state index is 0.452. The molecule has 3 fully saturated rings. The molecule has 2 heteroatoms. The van der Waals surface area contributed by atoms with Crippen molar-refractivity contribution >= 4 is 0 Å². The topological polar surface area (TPSA) is 29.3 Å². The van der Waals surface area contributed by atoms with E-state index < -0.39 is 0 Å². The van der Waals surface area contributed by atoms with E-state index in [9.17, 15) is 0 Å². The molecular weight excluding hydrogens is 220 g/mol. The summed E-state index contributed by atoms with van der Waals surface area (Å²) in [5.74, 6) is 2.06. The van der Waals surface area contributed by atoms with Crippen molar-refractivity contribution in [3.05, 3.63) is 0 Å². The van der Waals surface area contributed by atoms with Crippen LogP contribution in [-0.4, -0.2) is 30.1 Å². The summed E-state index contributed by atoms with van der Waals surface area (Å²) < 4.78 is 0. The Morgan fingerprint density at radius 1 is 0.722 bits per heavy atom. The van der Waals surface area contributed by atoms with Crippen LogP contribution < -0.4 is 5.73 Å². The van der Waals surface area contributed by atoms with E-state index in [4.69, 9.17) is 5.73 Å². The van der Waals surface area contributed by atoms with Crippen LogP contribution in [-0.2, 0) is 0 Å². The van der Waals surface area contributed by atoms with Crippen LogP contribution in [0.1, 0.15) is 64.2 Å². The van der Waals surface area contributed by atoms with Crippen LogP contribution in [0.5, 0.6) is 0 Å². The van der Waals surface area contributed by atoms with E-state index in [2.05, 4.69) is 4.90 Å². The van der Waals surface area contributed by atoms with Crippen molar-refractivity contribution in [3.8, 4) is 0 Å². The Morgan fingerprint density at radius 2 is 1.44 bits per heavy atom. The van der Waals surface area contributed by atoms with Gasteiger partial charge in [-0.3, -0.25) is 4.90 Å². The molecule has 2 aliphatic carbocycles. The monoisotopic (exact) mass is 250 g/mol. The average molecular weight is 250 g/mol. The molecule has 0 amide bonds. The Kier molecular flexibility index (Phi) is 4.25. The Bertz CT molecular complexity index is 266. The lowest BCUT2D eigenvalue weighted by atomic mass is 9.74. The maximum Gasteiger partial charge on any atom is 0.0247 e. The van der Waals surface area contributed by atoms with E-state index in [1.54, 1.807) is 0 Å². The quantitative estimate of drug-likeness (QED) is 0.724. The molecule has 0 aromatic rings. The molecule has 3 aliphatic rings. The van der Waals surface area contributed by atoms with Crippen LogP contribution in [0.4, 0.5) is 0 Å². The summed E-state index contributed by atoms with van der Waals surface area (Å²) in [6.07, 6.45) is 14.2. The van der Waals surface area contributed by atoms with Crippen LogP contribution >= 0.6 is 0 Å². The summed E-state index contributed by atoms with van der Waals surface area (Å²) >= 11 is 0. The number of nitrogens with zero attached hydrogens (tertiary/aromatic N) is 1. The van der Waals surface area contributed by atoms with Crippen molar-refractivity contribution in [3.63, 3.8) is 0 Å². The first-order valence-corrected chi connectivity index (χ1v) is 8.34. The van der Waals surface area contributed by atoms with Gasteiger partial charge in [0.1, 0.15) is 0 Å². The van der Waals surface area contributed by atoms with E-state index >= 15 is 0 Å². The molecule has 2 N–H and O–H groups in total. The minimum Gasteiger partial charge on any atom is -0.326 e. The Morgan fingerprint density at radius 3 is 2.33 bits per heavy atom. The number of likely N-dealkylation sites (tertiary alicyclic amines) is 1. The normalized spacial score (nSPS) is 43.2. The number of piperidine rings is 1. The van der Waals surface area contributed by atoms with Gasteiger partial charge in [0.05, 0.1) is 0 Å². The van der Waals surface area contributed by atoms with Crippen molar-refractivity contribution in [2.24, 2.45) is 17.6 Å². The number of fused-ring (bicyclic) bond motifs is 1. The van der Waals surface area contributed by atoms with Crippen LogP contribution in [0.3, 0.4) is 0 Å². The van der Waals surface area contributed by atoms with E-state index in [-0.39, 0.29) is 0 Å². The summed E-state index contributed by atoms with van der Waals surface area (Å²) in [5, 5.41) is 0. The van der Waals surface area contributed by atoms with Crippen LogP contribution in [0.25, 0.3) is 0 Å². The highest BCUT2D eigenvalue weighted by Gasteiger charge is 2.35. The molecule has 104 valence electrons. The van der Waals surface area contributed by atoms with Gasteiger partial charge in [0, 0.05) is 18.6 Å². The van der Waals surface area contributed by atoms with Crippen LogP contribution in [0.15, 0.2) is 0 Å². The highest BCUT2D eigenvalue weighted by Crippen LogP contribution is 2.37. The van der Waals surface area contributed by atoms with Gasteiger partial charge in [-0.2, -0.15) is 0 Å².